The number of hydrogen-bond acceptors (Lipinski definition) is 1. The lowest BCUT2D eigenvalue weighted by Gasteiger charge is -2.32. The van der Waals surface area contributed by atoms with Gasteiger partial charge in [0.2, 0.25) is 0 Å². The monoisotopic (exact) mass is 231 g/mol. The van der Waals surface area contributed by atoms with Crippen LogP contribution in [0.4, 0.5) is 0 Å². The summed E-state index contributed by atoms with van der Waals surface area (Å²) in [6.45, 7) is 11.0. The first-order valence-corrected chi connectivity index (χ1v) is 6.58. The lowest BCUT2D eigenvalue weighted by molar-refractivity contribution is 0.244. The minimum atomic E-state index is 0.547. The zero-order valence-corrected chi connectivity index (χ0v) is 11.8. The van der Waals surface area contributed by atoms with Crippen molar-refractivity contribution in [1.82, 2.24) is 4.90 Å². The summed E-state index contributed by atoms with van der Waals surface area (Å²) in [5, 5.41) is 0. The van der Waals surface area contributed by atoms with Crippen LogP contribution in [0.25, 0.3) is 0 Å². The van der Waals surface area contributed by atoms with E-state index in [1.165, 1.54) is 11.3 Å². The third kappa shape index (κ3) is 3.36. The molecule has 0 bridgehead atoms. The maximum absolute atomic E-state index is 2.51. The second-order valence-corrected chi connectivity index (χ2v) is 4.79. The zero-order valence-electron chi connectivity index (χ0n) is 11.8. The highest BCUT2D eigenvalue weighted by molar-refractivity contribution is 5.38. The van der Waals surface area contributed by atoms with E-state index < -0.39 is 0 Å². The summed E-state index contributed by atoms with van der Waals surface area (Å²) in [6, 6.07) is 1.12. The normalized spacial score (nSPS) is 23.6. The molecule has 0 saturated carbocycles. The fraction of sp³-hybridized carbons (Fsp3) is 0.500. The Morgan fingerprint density at radius 3 is 2.53 bits per heavy atom. The molecule has 0 amide bonds. The molecule has 1 unspecified atom stereocenters. The van der Waals surface area contributed by atoms with Crippen molar-refractivity contribution >= 4 is 0 Å². The Bertz CT molecular complexity index is 356. The van der Waals surface area contributed by atoms with Gasteiger partial charge in [-0.15, -0.1) is 0 Å². The molecule has 1 nitrogen and oxygen atoms in total. The van der Waals surface area contributed by atoms with Crippen LogP contribution < -0.4 is 0 Å². The van der Waals surface area contributed by atoms with Crippen molar-refractivity contribution in [2.45, 2.75) is 53.1 Å². The molecule has 0 radical (unpaired) electrons. The minimum absolute atomic E-state index is 0.547. The van der Waals surface area contributed by atoms with Crippen LogP contribution in [-0.4, -0.2) is 17.0 Å². The van der Waals surface area contributed by atoms with E-state index in [-0.39, 0.29) is 0 Å². The molecule has 94 valence electrons. The molecule has 0 saturated heterocycles. The summed E-state index contributed by atoms with van der Waals surface area (Å²) < 4.78 is 0. The van der Waals surface area contributed by atoms with Crippen LogP contribution in [0.1, 0.15) is 41.0 Å². The Morgan fingerprint density at radius 2 is 2.00 bits per heavy atom. The van der Waals surface area contributed by atoms with E-state index in [0.29, 0.717) is 12.1 Å². The van der Waals surface area contributed by atoms with Gasteiger partial charge in [0, 0.05) is 11.7 Å². The van der Waals surface area contributed by atoms with Gasteiger partial charge in [0.15, 0.2) is 0 Å². The van der Waals surface area contributed by atoms with Crippen LogP contribution in [-0.2, 0) is 0 Å². The SMILES string of the molecule is C\C=C/C=C\C=C1/C=C(C)N(C(C)C)C1CC. The Morgan fingerprint density at radius 1 is 1.29 bits per heavy atom. The molecule has 0 aromatic rings. The first-order valence-electron chi connectivity index (χ1n) is 6.58. The molecular formula is C16H25N. The van der Waals surface area contributed by atoms with Crippen LogP contribution in [0, 0.1) is 0 Å². The van der Waals surface area contributed by atoms with Gasteiger partial charge in [-0.1, -0.05) is 37.3 Å². The zero-order chi connectivity index (χ0) is 12.8. The van der Waals surface area contributed by atoms with Gasteiger partial charge < -0.3 is 4.90 Å². The average molecular weight is 231 g/mol. The summed E-state index contributed by atoms with van der Waals surface area (Å²) in [7, 11) is 0. The summed E-state index contributed by atoms with van der Waals surface area (Å²) in [6.07, 6.45) is 14.0. The van der Waals surface area contributed by atoms with E-state index in [1.54, 1.807) is 0 Å². The number of nitrogens with zero attached hydrogens (tertiary/aromatic N) is 1. The molecule has 0 aromatic carbocycles. The molecule has 1 atom stereocenters. The summed E-state index contributed by atoms with van der Waals surface area (Å²) in [5.74, 6) is 0. The van der Waals surface area contributed by atoms with Crippen molar-refractivity contribution in [1.29, 1.82) is 0 Å². The fourth-order valence-electron chi connectivity index (χ4n) is 2.52. The second kappa shape index (κ2) is 6.48. The van der Waals surface area contributed by atoms with Crippen molar-refractivity contribution in [2.75, 3.05) is 0 Å². The van der Waals surface area contributed by atoms with Crippen LogP contribution in [0.5, 0.6) is 0 Å². The smallest absolute Gasteiger partial charge is 0.0540 e. The number of hydrogen-bond donors (Lipinski definition) is 0. The molecule has 0 N–H and O–H groups in total. The molecule has 1 heterocycles. The lowest BCUT2D eigenvalue weighted by atomic mass is 10.1. The van der Waals surface area contributed by atoms with Gasteiger partial charge in [0.1, 0.15) is 0 Å². The van der Waals surface area contributed by atoms with Gasteiger partial charge >= 0.3 is 0 Å². The van der Waals surface area contributed by atoms with Gasteiger partial charge in [-0.05, 0) is 45.8 Å². The average Bonchev–Trinajstić information content (AvgIpc) is 2.60. The Labute approximate surface area is 106 Å². The first kappa shape index (κ1) is 13.8. The van der Waals surface area contributed by atoms with Crippen molar-refractivity contribution in [2.24, 2.45) is 0 Å². The molecule has 1 aliphatic heterocycles. The van der Waals surface area contributed by atoms with Crippen molar-refractivity contribution in [3.63, 3.8) is 0 Å². The molecule has 0 fully saturated rings. The molecule has 0 aromatic heterocycles. The Hall–Kier alpha value is -1.24. The van der Waals surface area contributed by atoms with E-state index in [9.17, 15) is 0 Å². The highest BCUT2D eigenvalue weighted by atomic mass is 15.2. The minimum Gasteiger partial charge on any atom is -0.366 e. The predicted molar refractivity (Wildman–Crippen MR) is 76.8 cm³/mol. The van der Waals surface area contributed by atoms with E-state index in [2.05, 4.69) is 63.0 Å². The van der Waals surface area contributed by atoms with Gasteiger partial charge in [-0.2, -0.15) is 0 Å². The second-order valence-electron chi connectivity index (χ2n) is 4.79. The quantitative estimate of drug-likeness (QED) is 0.646. The first-order chi connectivity index (χ1) is 8.11. The highest BCUT2D eigenvalue weighted by Crippen LogP contribution is 2.30. The summed E-state index contributed by atoms with van der Waals surface area (Å²) in [5.41, 5.74) is 2.82. The van der Waals surface area contributed by atoms with Crippen LogP contribution in [0.2, 0.25) is 0 Å². The molecule has 0 aliphatic carbocycles. The lowest BCUT2D eigenvalue weighted by Crippen LogP contribution is -2.35. The van der Waals surface area contributed by atoms with E-state index in [4.69, 9.17) is 0 Å². The van der Waals surface area contributed by atoms with Crippen molar-refractivity contribution < 1.29 is 0 Å². The molecule has 0 spiro atoms. The molecule has 17 heavy (non-hydrogen) atoms. The highest BCUT2D eigenvalue weighted by Gasteiger charge is 2.27. The predicted octanol–water partition coefficient (Wildman–Crippen LogP) is 4.45. The third-order valence-corrected chi connectivity index (χ3v) is 3.15. The Balaban J connectivity index is 2.87. The molecule has 1 heteroatoms. The molecule has 1 rings (SSSR count). The van der Waals surface area contributed by atoms with Gasteiger partial charge in [-0.25, -0.2) is 0 Å². The summed E-state index contributed by atoms with van der Waals surface area (Å²) >= 11 is 0. The largest absolute Gasteiger partial charge is 0.366 e. The van der Waals surface area contributed by atoms with Crippen LogP contribution in [0.3, 0.4) is 0 Å². The number of rotatable bonds is 4. The van der Waals surface area contributed by atoms with E-state index in [1.807, 2.05) is 13.0 Å². The fourth-order valence-corrected chi connectivity index (χ4v) is 2.52. The topological polar surface area (TPSA) is 3.24 Å². The Kier molecular flexibility index (Phi) is 5.27. The maximum Gasteiger partial charge on any atom is 0.0540 e. The maximum atomic E-state index is 2.51. The standard InChI is InChI=1S/C16H25N/c1-6-8-9-10-11-15-12-14(5)17(13(3)4)16(15)7-2/h6,8-13,16H,7H2,1-5H3/b8-6-,10-9-,15-11+. The summed E-state index contributed by atoms with van der Waals surface area (Å²) in [4.78, 5) is 2.51. The molecule has 1 aliphatic rings. The number of allylic oxidation sites excluding steroid dienone is 6. The van der Waals surface area contributed by atoms with Gasteiger partial charge in [0.25, 0.3) is 0 Å². The van der Waals surface area contributed by atoms with Crippen molar-refractivity contribution in [3.8, 4) is 0 Å². The van der Waals surface area contributed by atoms with Crippen LogP contribution in [0.15, 0.2) is 47.7 Å². The van der Waals surface area contributed by atoms with Crippen molar-refractivity contribution in [3.05, 3.63) is 47.7 Å². The van der Waals surface area contributed by atoms with Crippen LogP contribution >= 0.6 is 0 Å². The third-order valence-electron chi connectivity index (χ3n) is 3.15. The van der Waals surface area contributed by atoms with E-state index in [0.717, 1.165) is 6.42 Å². The van der Waals surface area contributed by atoms with E-state index >= 15 is 0 Å². The molecular weight excluding hydrogens is 206 g/mol. The van der Waals surface area contributed by atoms with Gasteiger partial charge in [-0.3, -0.25) is 0 Å². The van der Waals surface area contributed by atoms with Gasteiger partial charge in [0.05, 0.1) is 6.04 Å².